The number of rotatable bonds is 1. The smallest absolute Gasteiger partial charge is 0.0615 e. The highest BCUT2D eigenvalue weighted by Gasteiger charge is 2.51. The molecule has 2 rings (SSSR count). The molecule has 0 amide bonds. The Morgan fingerprint density at radius 1 is 1.47 bits per heavy atom. The van der Waals surface area contributed by atoms with Crippen molar-refractivity contribution in [3.63, 3.8) is 0 Å². The van der Waals surface area contributed by atoms with Crippen LogP contribution in [0.5, 0.6) is 0 Å². The van der Waals surface area contributed by atoms with Crippen molar-refractivity contribution in [1.82, 2.24) is 0 Å². The molecule has 2 bridgehead atoms. The van der Waals surface area contributed by atoms with Gasteiger partial charge in [0, 0.05) is 11.3 Å². The predicted molar refractivity (Wildman–Crippen MR) is 60.5 cm³/mol. The maximum Gasteiger partial charge on any atom is 0.0615 e. The first-order chi connectivity index (χ1) is 7.03. The first-order valence-electron chi connectivity index (χ1n) is 5.93. The van der Waals surface area contributed by atoms with Gasteiger partial charge in [-0.15, -0.1) is 0 Å². The maximum absolute atomic E-state index is 9.70. The normalized spacial score (nSPS) is 50.1. The van der Waals surface area contributed by atoms with E-state index in [4.69, 9.17) is 4.74 Å². The zero-order chi connectivity index (χ0) is 11.2. The average molecular weight is 210 g/mol. The summed E-state index contributed by atoms with van der Waals surface area (Å²) >= 11 is 0. The summed E-state index contributed by atoms with van der Waals surface area (Å²) < 4.78 is 5.85. The Bertz CT molecular complexity index is 284. The summed E-state index contributed by atoms with van der Waals surface area (Å²) in [5.74, 6) is 1.43. The summed E-state index contributed by atoms with van der Waals surface area (Å²) in [6, 6.07) is 0. The molecule has 0 radical (unpaired) electrons. The minimum atomic E-state index is -0.0450. The lowest BCUT2D eigenvalue weighted by Gasteiger charge is -2.54. The summed E-state index contributed by atoms with van der Waals surface area (Å²) in [6.07, 6.45) is 2.63. The molecule has 2 nitrogen and oxygen atoms in total. The zero-order valence-corrected chi connectivity index (χ0v) is 10.2. The molecule has 0 spiro atoms. The molecule has 1 heterocycles. The van der Waals surface area contributed by atoms with E-state index >= 15 is 0 Å². The standard InChI is InChI=1S/C13H22O2/c1-8-5-9(2)13(6-14)7-15-11(4)12(8)10(13)3/h5,9-12,14H,6-7H2,1-4H3/t9-,10+,11+,12+,13-/m1/s1. The van der Waals surface area contributed by atoms with Gasteiger partial charge in [-0.1, -0.05) is 25.5 Å². The third-order valence-electron chi connectivity index (χ3n) is 4.81. The van der Waals surface area contributed by atoms with Gasteiger partial charge >= 0.3 is 0 Å². The summed E-state index contributed by atoms with van der Waals surface area (Å²) in [5, 5.41) is 9.70. The Balaban J connectivity index is 2.43. The van der Waals surface area contributed by atoms with Crippen molar-refractivity contribution in [2.45, 2.75) is 33.8 Å². The van der Waals surface area contributed by atoms with Crippen LogP contribution in [0.15, 0.2) is 11.6 Å². The molecule has 0 saturated carbocycles. The van der Waals surface area contributed by atoms with Gasteiger partial charge in [-0.3, -0.25) is 0 Å². The van der Waals surface area contributed by atoms with E-state index in [-0.39, 0.29) is 12.0 Å². The molecule has 0 unspecified atom stereocenters. The second-order valence-electron chi connectivity index (χ2n) is 5.42. The summed E-state index contributed by atoms with van der Waals surface area (Å²) in [7, 11) is 0. The lowest BCUT2D eigenvalue weighted by atomic mass is 9.56. The summed E-state index contributed by atoms with van der Waals surface area (Å²) in [5.41, 5.74) is 1.39. The quantitative estimate of drug-likeness (QED) is 0.673. The molecule has 0 aromatic rings. The van der Waals surface area contributed by atoms with Gasteiger partial charge in [-0.25, -0.2) is 0 Å². The van der Waals surface area contributed by atoms with Gasteiger partial charge in [0.25, 0.3) is 0 Å². The van der Waals surface area contributed by atoms with Gasteiger partial charge < -0.3 is 9.84 Å². The summed E-state index contributed by atoms with van der Waals surface area (Å²) in [4.78, 5) is 0. The molecule has 1 N–H and O–H groups in total. The van der Waals surface area contributed by atoms with Gasteiger partial charge in [0.1, 0.15) is 0 Å². The summed E-state index contributed by atoms with van der Waals surface area (Å²) in [6.45, 7) is 9.76. The van der Waals surface area contributed by atoms with Crippen LogP contribution < -0.4 is 0 Å². The van der Waals surface area contributed by atoms with Crippen molar-refractivity contribution in [3.8, 4) is 0 Å². The molecule has 5 atom stereocenters. The molecule has 86 valence electrons. The Labute approximate surface area is 92.3 Å². The second-order valence-corrected chi connectivity index (χ2v) is 5.42. The number of aliphatic hydroxyl groups excluding tert-OH is 1. The van der Waals surface area contributed by atoms with Gasteiger partial charge in [0.15, 0.2) is 0 Å². The highest BCUT2D eigenvalue weighted by Crippen LogP contribution is 2.51. The van der Waals surface area contributed by atoms with E-state index in [1.807, 2.05) is 0 Å². The number of aliphatic hydroxyl groups is 1. The van der Waals surface area contributed by atoms with E-state index in [1.165, 1.54) is 5.57 Å². The van der Waals surface area contributed by atoms with Crippen LogP contribution in [0.1, 0.15) is 27.7 Å². The number of hydrogen-bond donors (Lipinski definition) is 1. The molecule has 1 aliphatic carbocycles. The van der Waals surface area contributed by atoms with E-state index in [0.29, 0.717) is 30.5 Å². The second kappa shape index (κ2) is 3.60. The third-order valence-corrected chi connectivity index (χ3v) is 4.81. The molecule has 15 heavy (non-hydrogen) atoms. The molecule has 1 saturated heterocycles. The maximum atomic E-state index is 9.70. The molecule has 2 heteroatoms. The Morgan fingerprint density at radius 3 is 2.73 bits per heavy atom. The van der Waals surface area contributed by atoms with Crippen LogP contribution in [0.2, 0.25) is 0 Å². The van der Waals surface area contributed by atoms with Crippen molar-refractivity contribution >= 4 is 0 Å². The molecular formula is C13H22O2. The van der Waals surface area contributed by atoms with E-state index < -0.39 is 0 Å². The zero-order valence-electron chi connectivity index (χ0n) is 10.2. The fourth-order valence-electron chi connectivity index (χ4n) is 3.60. The minimum Gasteiger partial charge on any atom is -0.396 e. The number of fused-ring (bicyclic) bond motifs is 2. The number of ether oxygens (including phenoxy) is 1. The van der Waals surface area contributed by atoms with Crippen LogP contribution >= 0.6 is 0 Å². The largest absolute Gasteiger partial charge is 0.396 e. The van der Waals surface area contributed by atoms with Crippen LogP contribution in [-0.4, -0.2) is 24.4 Å². The van der Waals surface area contributed by atoms with Crippen molar-refractivity contribution < 1.29 is 9.84 Å². The van der Waals surface area contributed by atoms with Crippen molar-refractivity contribution in [3.05, 3.63) is 11.6 Å². The van der Waals surface area contributed by atoms with Crippen LogP contribution in [-0.2, 0) is 4.74 Å². The topological polar surface area (TPSA) is 29.5 Å². The highest BCUT2D eigenvalue weighted by molar-refractivity contribution is 5.20. The van der Waals surface area contributed by atoms with Gasteiger partial charge in [0.05, 0.1) is 19.3 Å². The molecular weight excluding hydrogens is 188 g/mol. The Kier molecular flexibility index (Phi) is 2.68. The fraction of sp³-hybridized carbons (Fsp3) is 0.846. The molecule has 0 aromatic heterocycles. The number of allylic oxidation sites excluding steroid dienone is 1. The van der Waals surface area contributed by atoms with Crippen LogP contribution in [0.3, 0.4) is 0 Å². The lowest BCUT2D eigenvalue weighted by molar-refractivity contribution is -0.157. The molecule has 1 aliphatic heterocycles. The third kappa shape index (κ3) is 1.38. The van der Waals surface area contributed by atoms with Crippen molar-refractivity contribution in [2.75, 3.05) is 13.2 Å². The van der Waals surface area contributed by atoms with E-state index in [9.17, 15) is 5.11 Å². The first-order valence-corrected chi connectivity index (χ1v) is 5.93. The average Bonchev–Trinajstić information content (AvgIpc) is 2.17. The Hall–Kier alpha value is -0.340. The molecule has 1 fully saturated rings. The minimum absolute atomic E-state index is 0.0450. The first kappa shape index (κ1) is 11.2. The lowest BCUT2D eigenvalue weighted by Crippen LogP contribution is -2.55. The van der Waals surface area contributed by atoms with Crippen molar-refractivity contribution in [2.24, 2.45) is 23.2 Å². The van der Waals surface area contributed by atoms with Crippen LogP contribution in [0.25, 0.3) is 0 Å². The fourth-order valence-corrected chi connectivity index (χ4v) is 3.60. The SMILES string of the molecule is CC1=C[C@@H](C)[C@@]2(CO)CO[C@@H](C)[C@@H]1[C@@H]2C. The number of hydrogen-bond acceptors (Lipinski definition) is 2. The monoisotopic (exact) mass is 210 g/mol. The van der Waals surface area contributed by atoms with Crippen molar-refractivity contribution in [1.29, 1.82) is 0 Å². The van der Waals surface area contributed by atoms with E-state index in [1.54, 1.807) is 0 Å². The predicted octanol–water partition coefficient (Wildman–Crippen LogP) is 2.23. The van der Waals surface area contributed by atoms with Crippen LogP contribution in [0.4, 0.5) is 0 Å². The van der Waals surface area contributed by atoms with Crippen LogP contribution in [0, 0.1) is 23.2 Å². The molecule has 2 aliphatic rings. The van der Waals surface area contributed by atoms with E-state index in [2.05, 4.69) is 33.8 Å². The molecule has 0 aromatic carbocycles. The Morgan fingerprint density at radius 2 is 2.13 bits per heavy atom. The highest BCUT2D eigenvalue weighted by atomic mass is 16.5. The van der Waals surface area contributed by atoms with Gasteiger partial charge in [-0.2, -0.15) is 0 Å². The van der Waals surface area contributed by atoms with Gasteiger partial charge in [0.2, 0.25) is 0 Å². The van der Waals surface area contributed by atoms with Gasteiger partial charge in [-0.05, 0) is 25.7 Å². The van der Waals surface area contributed by atoms with E-state index in [0.717, 1.165) is 0 Å².